The molecule has 0 unspecified atom stereocenters. The summed E-state index contributed by atoms with van der Waals surface area (Å²) in [5, 5.41) is 1.36. The molecular weight excluding hydrogens is 132 g/mol. The van der Waals surface area contributed by atoms with Crippen molar-refractivity contribution in [2.75, 3.05) is 27.2 Å². The van der Waals surface area contributed by atoms with Gasteiger partial charge >= 0.3 is 6.03 Å². The Kier molecular flexibility index (Phi) is 2.11. The SMILES string of the molecule is CON1CCCN(C)C1=O. The molecule has 1 rings (SSSR count). The summed E-state index contributed by atoms with van der Waals surface area (Å²) in [5.41, 5.74) is 0. The first kappa shape index (κ1) is 7.34. The zero-order valence-electron chi connectivity index (χ0n) is 6.33. The van der Waals surface area contributed by atoms with Gasteiger partial charge in [0.1, 0.15) is 0 Å². The Balaban J connectivity index is 2.51. The smallest absolute Gasteiger partial charge is 0.326 e. The largest absolute Gasteiger partial charge is 0.343 e. The Labute approximate surface area is 60.3 Å². The lowest BCUT2D eigenvalue weighted by Crippen LogP contribution is -2.46. The molecule has 2 amide bonds. The maximum Gasteiger partial charge on any atom is 0.343 e. The average Bonchev–Trinajstić information content (AvgIpc) is 1.95. The quantitative estimate of drug-likeness (QED) is 0.530. The number of hydroxylamine groups is 2. The number of carbonyl (C=O) groups excluding carboxylic acids is 1. The van der Waals surface area contributed by atoms with Crippen LogP contribution < -0.4 is 0 Å². The topological polar surface area (TPSA) is 32.8 Å². The van der Waals surface area contributed by atoms with E-state index in [2.05, 4.69) is 0 Å². The molecule has 0 saturated carbocycles. The van der Waals surface area contributed by atoms with E-state index < -0.39 is 0 Å². The molecule has 0 N–H and O–H groups in total. The lowest BCUT2D eigenvalue weighted by Gasteiger charge is -2.30. The van der Waals surface area contributed by atoms with Crippen molar-refractivity contribution in [3.8, 4) is 0 Å². The van der Waals surface area contributed by atoms with Gasteiger partial charge in [0.2, 0.25) is 0 Å². The average molecular weight is 144 g/mol. The molecule has 58 valence electrons. The molecule has 4 nitrogen and oxygen atoms in total. The molecule has 10 heavy (non-hydrogen) atoms. The minimum absolute atomic E-state index is 0.0475. The molecule has 0 atom stereocenters. The maximum atomic E-state index is 11.1. The number of rotatable bonds is 1. The van der Waals surface area contributed by atoms with E-state index >= 15 is 0 Å². The Bertz CT molecular complexity index is 138. The van der Waals surface area contributed by atoms with Crippen LogP contribution in [-0.2, 0) is 4.84 Å². The van der Waals surface area contributed by atoms with Crippen molar-refractivity contribution in [3.63, 3.8) is 0 Å². The summed E-state index contributed by atoms with van der Waals surface area (Å²) in [4.78, 5) is 17.5. The van der Waals surface area contributed by atoms with E-state index in [0.29, 0.717) is 6.54 Å². The van der Waals surface area contributed by atoms with E-state index in [9.17, 15) is 4.79 Å². The first-order valence-corrected chi connectivity index (χ1v) is 3.32. The van der Waals surface area contributed by atoms with Crippen LogP contribution in [0.4, 0.5) is 4.79 Å². The van der Waals surface area contributed by atoms with Gasteiger partial charge in [-0.05, 0) is 6.42 Å². The fraction of sp³-hybridized carbons (Fsp3) is 0.833. The summed E-state index contributed by atoms with van der Waals surface area (Å²) >= 11 is 0. The predicted molar refractivity (Wildman–Crippen MR) is 36.4 cm³/mol. The fourth-order valence-corrected chi connectivity index (χ4v) is 1.00. The normalized spacial score (nSPS) is 20.0. The van der Waals surface area contributed by atoms with Crippen LogP contribution in [-0.4, -0.2) is 43.2 Å². The van der Waals surface area contributed by atoms with Crippen molar-refractivity contribution in [2.24, 2.45) is 0 Å². The number of amides is 2. The van der Waals surface area contributed by atoms with Gasteiger partial charge in [-0.2, -0.15) is 0 Å². The first-order valence-electron chi connectivity index (χ1n) is 3.32. The lowest BCUT2D eigenvalue weighted by atomic mass is 10.3. The molecule has 0 aromatic rings. The van der Waals surface area contributed by atoms with E-state index in [1.54, 1.807) is 11.9 Å². The molecular formula is C6H12N2O2. The minimum atomic E-state index is -0.0475. The number of hydrogen-bond donors (Lipinski definition) is 0. The molecule has 1 saturated heterocycles. The highest BCUT2D eigenvalue weighted by molar-refractivity contribution is 5.73. The van der Waals surface area contributed by atoms with Crippen molar-refractivity contribution >= 4 is 6.03 Å². The zero-order valence-corrected chi connectivity index (χ0v) is 6.33. The maximum absolute atomic E-state index is 11.1. The van der Waals surface area contributed by atoms with Crippen LogP contribution in [0, 0.1) is 0 Å². The molecule has 0 radical (unpaired) electrons. The van der Waals surface area contributed by atoms with Crippen LogP contribution in [0.25, 0.3) is 0 Å². The van der Waals surface area contributed by atoms with E-state index in [0.717, 1.165) is 13.0 Å². The second-order valence-corrected chi connectivity index (χ2v) is 2.34. The van der Waals surface area contributed by atoms with E-state index in [4.69, 9.17) is 4.84 Å². The van der Waals surface area contributed by atoms with Gasteiger partial charge in [0, 0.05) is 13.6 Å². The number of urea groups is 1. The molecule has 0 bridgehead atoms. The zero-order chi connectivity index (χ0) is 7.56. The molecule has 0 spiro atoms. The Morgan fingerprint density at radius 2 is 2.20 bits per heavy atom. The Morgan fingerprint density at radius 1 is 1.50 bits per heavy atom. The Hall–Kier alpha value is -0.770. The summed E-state index contributed by atoms with van der Waals surface area (Å²) in [6, 6.07) is -0.0475. The molecule has 0 aromatic carbocycles. The van der Waals surface area contributed by atoms with Crippen molar-refractivity contribution in [3.05, 3.63) is 0 Å². The summed E-state index contributed by atoms with van der Waals surface area (Å²) in [5.74, 6) is 0. The van der Waals surface area contributed by atoms with Crippen LogP contribution >= 0.6 is 0 Å². The summed E-state index contributed by atoms with van der Waals surface area (Å²) in [7, 11) is 3.28. The lowest BCUT2D eigenvalue weighted by molar-refractivity contribution is -0.106. The molecule has 1 fully saturated rings. The van der Waals surface area contributed by atoms with Crippen LogP contribution in [0.2, 0.25) is 0 Å². The summed E-state index contributed by atoms with van der Waals surface area (Å²) in [6.07, 6.45) is 0.982. The first-order chi connectivity index (χ1) is 4.75. The fourth-order valence-electron chi connectivity index (χ4n) is 1.00. The third kappa shape index (κ3) is 1.21. The molecule has 1 aliphatic heterocycles. The summed E-state index contributed by atoms with van der Waals surface area (Å²) in [6.45, 7) is 1.54. The predicted octanol–water partition coefficient (Wildman–Crippen LogP) is 0.305. The Morgan fingerprint density at radius 3 is 2.70 bits per heavy atom. The molecule has 1 heterocycles. The highest BCUT2D eigenvalue weighted by atomic mass is 16.7. The van der Waals surface area contributed by atoms with Crippen LogP contribution in [0.3, 0.4) is 0 Å². The molecule has 4 heteroatoms. The highest BCUT2D eigenvalue weighted by Crippen LogP contribution is 2.05. The number of nitrogens with zero attached hydrogens (tertiary/aromatic N) is 2. The second-order valence-electron chi connectivity index (χ2n) is 2.34. The van der Waals surface area contributed by atoms with Gasteiger partial charge in [-0.1, -0.05) is 0 Å². The second kappa shape index (κ2) is 2.88. The van der Waals surface area contributed by atoms with E-state index in [1.807, 2.05) is 0 Å². The molecule has 0 aliphatic carbocycles. The van der Waals surface area contributed by atoms with Crippen molar-refractivity contribution in [2.45, 2.75) is 6.42 Å². The van der Waals surface area contributed by atoms with E-state index in [1.165, 1.54) is 12.2 Å². The van der Waals surface area contributed by atoms with Crippen molar-refractivity contribution < 1.29 is 9.63 Å². The third-order valence-electron chi connectivity index (χ3n) is 1.62. The third-order valence-corrected chi connectivity index (χ3v) is 1.62. The van der Waals surface area contributed by atoms with Gasteiger partial charge in [-0.3, -0.25) is 4.84 Å². The van der Waals surface area contributed by atoms with Gasteiger partial charge in [0.05, 0.1) is 13.7 Å². The number of hydrogen-bond acceptors (Lipinski definition) is 2. The van der Waals surface area contributed by atoms with Crippen molar-refractivity contribution in [1.29, 1.82) is 0 Å². The van der Waals surface area contributed by atoms with Crippen LogP contribution in [0.1, 0.15) is 6.42 Å². The standard InChI is InChI=1S/C6H12N2O2/c1-7-4-3-5-8(10-2)6(7)9/h3-5H2,1-2H3. The van der Waals surface area contributed by atoms with Gasteiger partial charge in [-0.25, -0.2) is 9.86 Å². The minimum Gasteiger partial charge on any atom is -0.326 e. The highest BCUT2D eigenvalue weighted by Gasteiger charge is 2.21. The van der Waals surface area contributed by atoms with Gasteiger partial charge in [0.25, 0.3) is 0 Å². The van der Waals surface area contributed by atoms with Crippen molar-refractivity contribution in [1.82, 2.24) is 9.96 Å². The van der Waals surface area contributed by atoms with Crippen LogP contribution in [0.15, 0.2) is 0 Å². The van der Waals surface area contributed by atoms with Gasteiger partial charge < -0.3 is 4.90 Å². The number of carbonyl (C=O) groups is 1. The molecule has 1 aliphatic rings. The van der Waals surface area contributed by atoms with Gasteiger partial charge in [-0.15, -0.1) is 0 Å². The van der Waals surface area contributed by atoms with Crippen LogP contribution in [0.5, 0.6) is 0 Å². The summed E-state index contributed by atoms with van der Waals surface area (Å²) < 4.78 is 0. The molecule has 0 aromatic heterocycles. The van der Waals surface area contributed by atoms with Gasteiger partial charge in [0.15, 0.2) is 0 Å². The van der Waals surface area contributed by atoms with E-state index in [-0.39, 0.29) is 6.03 Å². The monoisotopic (exact) mass is 144 g/mol.